The van der Waals surface area contributed by atoms with E-state index >= 15 is 0 Å². The monoisotopic (exact) mass is 424 g/mol. The van der Waals surface area contributed by atoms with Gasteiger partial charge in [0, 0.05) is 17.0 Å². The lowest BCUT2D eigenvalue weighted by Crippen LogP contribution is -2.27. The summed E-state index contributed by atoms with van der Waals surface area (Å²) in [6.07, 6.45) is 9.45. The second-order valence-corrected chi connectivity index (χ2v) is 8.19. The van der Waals surface area contributed by atoms with Gasteiger partial charge in [0.15, 0.2) is 5.60 Å². The van der Waals surface area contributed by atoms with Crippen molar-refractivity contribution < 1.29 is 19.3 Å². The van der Waals surface area contributed by atoms with E-state index in [0.29, 0.717) is 23.5 Å². The molecule has 0 aromatic heterocycles. The van der Waals surface area contributed by atoms with Crippen molar-refractivity contribution in [3.63, 3.8) is 0 Å². The Bertz CT molecular complexity index is 822. The number of terminal acetylenes is 1. The molecule has 0 aliphatic rings. The van der Waals surface area contributed by atoms with E-state index in [1.54, 1.807) is 43.5 Å². The molecule has 2 rings (SSSR count). The van der Waals surface area contributed by atoms with E-state index in [1.165, 1.54) is 12.8 Å². The molecule has 168 valence electrons. The van der Waals surface area contributed by atoms with Gasteiger partial charge < -0.3 is 19.3 Å². The summed E-state index contributed by atoms with van der Waals surface area (Å²) in [5, 5.41) is 11.1. The van der Waals surface area contributed by atoms with Gasteiger partial charge in [0.2, 0.25) is 0 Å². The summed E-state index contributed by atoms with van der Waals surface area (Å²) in [6.45, 7) is 9.17. The number of rotatable bonds is 12. The van der Waals surface area contributed by atoms with Crippen molar-refractivity contribution in [1.29, 1.82) is 0 Å². The molecule has 4 nitrogen and oxygen atoms in total. The van der Waals surface area contributed by atoms with Crippen molar-refractivity contribution in [3.05, 3.63) is 59.7 Å². The summed E-state index contributed by atoms with van der Waals surface area (Å²) in [5.41, 5.74) is -0.297. The molecule has 31 heavy (non-hydrogen) atoms. The average Bonchev–Trinajstić information content (AvgIpc) is 2.81. The van der Waals surface area contributed by atoms with Gasteiger partial charge in [-0.15, -0.1) is 6.42 Å². The fourth-order valence-electron chi connectivity index (χ4n) is 3.30. The lowest BCUT2D eigenvalue weighted by molar-refractivity contribution is 0.00975. The predicted octanol–water partition coefficient (Wildman–Crippen LogP) is 5.56. The van der Waals surface area contributed by atoms with Crippen LogP contribution in [0.2, 0.25) is 0 Å². The van der Waals surface area contributed by atoms with Crippen LogP contribution < -0.4 is 9.47 Å². The summed E-state index contributed by atoms with van der Waals surface area (Å²) in [7, 11) is 1.60. The number of methoxy groups -OCH3 is 1. The van der Waals surface area contributed by atoms with E-state index in [4.69, 9.17) is 20.6 Å². The molecule has 0 heterocycles. The van der Waals surface area contributed by atoms with Crippen LogP contribution in [0.5, 0.6) is 11.5 Å². The van der Waals surface area contributed by atoms with Gasteiger partial charge in [-0.3, -0.25) is 0 Å². The van der Waals surface area contributed by atoms with Crippen molar-refractivity contribution in [2.24, 2.45) is 5.92 Å². The van der Waals surface area contributed by atoms with E-state index in [0.717, 1.165) is 12.2 Å². The Kier molecular flexibility index (Phi) is 9.43. The lowest BCUT2D eigenvalue weighted by Gasteiger charge is -2.25. The van der Waals surface area contributed by atoms with E-state index < -0.39 is 5.60 Å². The van der Waals surface area contributed by atoms with E-state index in [1.807, 2.05) is 19.1 Å². The highest BCUT2D eigenvalue weighted by atomic mass is 16.5. The molecule has 4 heteroatoms. The summed E-state index contributed by atoms with van der Waals surface area (Å²) < 4.78 is 17.2. The maximum absolute atomic E-state index is 11.1. The highest BCUT2D eigenvalue weighted by Crippen LogP contribution is 2.31. The Morgan fingerprint density at radius 2 is 1.52 bits per heavy atom. The number of hydrogen-bond donors (Lipinski definition) is 1. The van der Waals surface area contributed by atoms with Crippen molar-refractivity contribution in [2.45, 2.75) is 64.8 Å². The van der Waals surface area contributed by atoms with Crippen molar-refractivity contribution in [2.75, 3.05) is 13.7 Å². The van der Waals surface area contributed by atoms with Gasteiger partial charge >= 0.3 is 0 Å². The summed E-state index contributed by atoms with van der Waals surface area (Å²) in [5.74, 6) is 4.22. The van der Waals surface area contributed by atoms with Gasteiger partial charge in [-0.05, 0) is 44.5 Å². The van der Waals surface area contributed by atoms with Crippen molar-refractivity contribution >= 4 is 0 Å². The number of ether oxygens (including phenoxy) is 3. The van der Waals surface area contributed by atoms with Crippen LogP contribution in [0.1, 0.15) is 58.1 Å². The highest BCUT2D eigenvalue weighted by Gasteiger charge is 2.29. The van der Waals surface area contributed by atoms with Crippen molar-refractivity contribution in [1.82, 2.24) is 0 Å². The highest BCUT2D eigenvalue weighted by molar-refractivity contribution is 5.46. The van der Waals surface area contributed by atoms with Crippen LogP contribution in [-0.2, 0) is 10.3 Å². The van der Waals surface area contributed by atoms with Gasteiger partial charge in [0.25, 0.3) is 0 Å². The fourth-order valence-corrected chi connectivity index (χ4v) is 3.30. The molecule has 2 aromatic carbocycles. The molecule has 0 radical (unpaired) electrons. The Morgan fingerprint density at radius 1 is 0.968 bits per heavy atom. The van der Waals surface area contributed by atoms with Crippen LogP contribution >= 0.6 is 0 Å². The zero-order chi connectivity index (χ0) is 22.9. The third kappa shape index (κ3) is 6.75. The zero-order valence-corrected chi connectivity index (χ0v) is 19.4. The molecule has 0 aliphatic heterocycles. The Labute approximate surface area is 187 Å². The second-order valence-electron chi connectivity index (χ2n) is 8.19. The zero-order valence-electron chi connectivity index (χ0n) is 19.4. The number of benzene rings is 2. The van der Waals surface area contributed by atoms with Gasteiger partial charge in [-0.2, -0.15) is 0 Å². The smallest absolute Gasteiger partial charge is 0.176 e. The molecule has 0 saturated carbocycles. The number of hydrogen-bond acceptors (Lipinski definition) is 4. The topological polar surface area (TPSA) is 47.9 Å². The Morgan fingerprint density at radius 3 is 2.00 bits per heavy atom. The SMILES string of the molecule is C#CC(O)(c1ccc(OC)cc1)c1ccc(OC(C)C(C)COC(C)CCCC)cc1. The molecule has 0 amide bonds. The van der Waals surface area contributed by atoms with Gasteiger partial charge in [0.1, 0.15) is 17.6 Å². The van der Waals surface area contributed by atoms with Gasteiger partial charge in [0.05, 0.1) is 19.8 Å². The summed E-state index contributed by atoms with van der Waals surface area (Å²) >= 11 is 0. The van der Waals surface area contributed by atoms with Gasteiger partial charge in [-0.1, -0.05) is 56.9 Å². The molecule has 1 N–H and O–H groups in total. The molecule has 0 spiro atoms. The summed E-state index contributed by atoms with van der Waals surface area (Å²) in [6, 6.07) is 14.4. The van der Waals surface area contributed by atoms with Gasteiger partial charge in [-0.25, -0.2) is 0 Å². The second kappa shape index (κ2) is 11.8. The van der Waals surface area contributed by atoms with E-state index in [2.05, 4.69) is 26.7 Å². The van der Waals surface area contributed by atoms with Crippen LogP contribution in [0.4, 0.5) is 0 Å². The predicted molar refractivity (Wildman–Crippen MR) is 125 cm³/mol. The minimum Gasteiger partial charge on any atom is -0.497 e. The first-order valence-corrected chi connectivity index (χ1v) is 11.1. The molecule has 2 aromatic rings. The molecular weight excluding hydrogens is 388 g/mol. The average molecular weight is 425 g/mol. The molecule has 0 fully saturated rings. The minimum absolute atomic E-state index is 0.00247. The van der Waals surface area contributed by atoms with Crippen molar-refractivity contribution in [3.8, 4) is 23.8 Å². The first kappa shape index (κ1) is 24.8. The first-order valence-electron chi connectivity index (χ1n) is 11.1. The first-order chi connectivity index (χ1) is 14.8. The molecule has 0 aliphatic carbocycles. The van der Waals surface area contributed by atoms with Crippen LogP contribution in [-0.4, -0.2) is 31.0 Å². The maximum atomic E-state index is 11.1. The standard InChI is InChI=1S/C27H36O4/c1-7-9-10-21(4)30-19-20(3)22(5)31-26-17-13-24(14-18-26)27(28,8-2)23-11-15-25(29-6)16-12-23/h2,11-18,20-22,28H,7,9-10,19H2,1,3-6H3. The molecule has 0 bridgehead atoms. The van der Waals surface area contributed by atoms with Crippen LogP contribution in [0.15, 0.2) is 48.5 Å². The molecular formula is C27H36O4. The quantitative estimate of drug-likeness (QED) is 0.453. The van der Waals surface area contributed by atoms with E-state index in [-0.39, 0.29) is 18.1 Å². The number of unbranched alkanes of at least 4 members (excludes halogenated alkanes) is 1. The third-order valence-electron chi connectivity index (χ3n) is 5.72. The normalized spacial score (nSPS) is 15.9. The Hall–Kier alpha value is -2.48. The third-order valence-corrected chi connectivity index (χ3v) is 5.72. The Balaban J connectivity index is 2.00. The number of aliphatic hydroxyl groups is 1. The lowest BCUT2D eigenvalue weighted by atomic mass is 9.87. The molecule has 4 atom stereocenters. The van der Waals surface area contributed by atoms with Crippen LogP contribution in [0.25, 0.3) is 0 Å². The molecule has 4 unspecified atom stereocenters. The maximum Gasteiger partial charge on any atom is 0.176 e. The largest absolute Gasteiger partial charge is 0.497 e. The fraction of sp³-hybridized carbons (Fsp3) is 0.481. The molecule has 0 saturated heterocycles. The van der Waals surface area contributed by atoms with Crippen LogP contribution in [0.3, 0.4) is 0 Å². The van der Waals surface area contributed by atoms with E-state index in [9.17, 15) is 5.11 Å². The summed E-state index contributed by atoms with van der Waals surface area (Å²) in [4.78, 5) is 0. The minimum atomic E-state index is -1.52. The van der Waals surface area contributed by atoms with Crippen LogP contribution in [0, 0.1) is 18.3 Å².